The molecule has 3 nitrogen and oxygen atoms in total. The van der Waals surface area contributed by atoms with Gasteiger partial charge in [0.05, 0.1) is 0 Å². The molecule has 0 aromatic rings. The molecule has 0 spiro atoms. The Morgan fingerprint density at radius 3 is 2.91 bits per heavy atom. The highest BCUT2D eigenvalue weighted by molar-refractivity contribution is 5.84. The summed E-state index contributed by atoms with van der Waals surface area (Å²) in [7, 11) is 1.91. The van der Waals surface area contributed by atoms with Crippen molar-refractivity contribution in [2.45, 2.75) is 19.8 Å². The zero-order chi connectivity index (χ0) is 8.32. The first-order valence-corrected chi connectivity index (χ1v) is 4.12. The maximum atomic E-state index is 11.3. The average molecular weight is 156 g/mol. The van der Waals surface area contributed by atoms with Crippen molar-refractivity contribution in [2.24, 2.45) is 5.41 Å². The smallest absolute Gasteiger partial charge is 0.226 e. The molecule has 1 unspecified atom stereocenters. The van der Waals surface area contributed by atoms with Gasteiger partial charge in [-0.15, -0.1) is 0 Å². The van der Waals surface area contributed by atoms with Gasteiger partial charge in [-0.05, 0) is 26.4 Å². The number of nitrogens with one attached hydrogen (secondary N) is 2. The van der Waals surface area contributed by atoms with Crippen LogP contribution in [0.25, 0.3) is 0 Å². The lowest BCUT2D eigenvalue weighted by Gasteiger charge is -2.19. The molecule has 1 fully saturated rings. The predicted molar refractivity (Wildman–Crippen MR) is 44.3 cm³/mol. The highest BCUT2D eigenvalue weighted by atomic mass is 16.2. The Bertz CT molecular complexity index is 158. The molecule has 11 heavy (non-hydrogen) atoms. The fraction of sp³-hybridized carbons (Fsp3) is 0.875. The van der Waals surface area contributed by atoms with Crippen LogP contribution in [0.2, 0.25) is 0 Å². The Morgan fingerprint density at radius 1 is 1.73 bits per heavy atom. The van der Waals surface area contributed by atoms with Crippen molar-refractivity contribution >= 4 is 5.91 Å². The van der Waals surface area contributed by atoms with Crippen LogP contribution in [0.3, 0.4) is 0 Å². The van der Waals surface area contributed by atoms with Gasteiger partial charge in [-0.3, -0.25) is 4.79 Å². The minimum absolute atomic E-state index is 0.108. The van der Waals surface area contributed by atoms with E-state index < -0.39 is 0 Å². The summed E-state index contributed by atoms with van der Waals surface area (Å²) in [5.74, 6) is 0.216. The molecule has 1 saturated heterocycles. The quantitative estimate of drug-likeness (QED) is 0.609. The minimum atomic E-state index is -0.108. The van der Waals surface area contributed by atoms with Crippen LogP contribution < -0.4 is 10.6 Å². The molecule has 0 saturated carbocycles. The Balaban J connectivity index is 2.44. The van der Waals surface area contributed by atoms with Crippen LogP contribution in [-0.4, -0.2) is 26.0 Å². The van der Waals surface area contributed by atoms with E-state index in [0.717, 1.165) is 25.9 Å². The van der Waals surface area contributed by atoms with Gasteiger partial charge in [-0.2, -0.15) is 0 Å². The molecule has 3 heteroatoms. The summed E-state index contributed by atoms with van der Waals surface area (Å²) in [5, 5.41) is 5.91. The number of hydrogen-bond acceptors (Lipinski definition) is 2. The van der Waals surface area contributed by atoms with Crippen LogP contribution in [0.5, 0.6) is 0 Å². The molecule has 0 bridgehead atoms. The van der Waals surface area contributed by atoms with E-state index in [0.29, 0.717) is 0 Å². The molecular weight excluding hydrogens is 140 g/mol. The van der Waals surface area contributed by atoms with Crippen molar-refractivity contribution in [1.29, 1.82) is 0 Å². The molecule has 2 N–H and O–H groups in total. The Labute approximate surface area is 67.5 Å². The lowest BCUT2D eigenvalue weighted by Crippen LogP contribution is -2.31. The molecular formula is C8H16N2O. The van der Waals surface area contributed by atoms with E-state index in [9.17, 15) is 4.79 Å². The lowest BCUT2D eigenvalue weighted by atomic mass is 9.85. The van der Waals surface area contributed by atoms with Gasteiger partial charge in [0.2, 0.25) is 5.91 Å². The Kier molecular flexibility index (Phi) is 2.49. The highest BCUT2D eigenvalue weighted by Gasteiger charge is 2.36. The standard InChI is InChI=1S/C8H16N2O/c1-8(3-5-9-2)4-6-10-7(8)11/h9H,3-6H2,1-2H3,(H,10,11). The van der Waals surface area contributed by atoms with Gasteiger partial charge < -0.3 is 10.6 Å². The number of amides is 1. The molecule has 64 valence electrons. The van der Waals surface area contributed by atoms with Crippen molar-refractivity contribution in [3.8, 4) is 0 Å². The third-order valence-corrected chi connectivity index (χ3v) is 2.44. The SMILES string of the molecule is CNCCC1(C)CCNC1=O. The molecule has 1 atom stereocenters. The van der Waals surface area contributed by atoms with E-state index in [1.807, 2.05) is 14.0 Å². The van der Waals surface area contributed by atoms with Crippen molar-refractivity contribution in [3.63, 3.8) is 0 Å². The van der Waals surface area contributed by atoms with Gasteiger partial charge in [0, 0.05) is 12.0 Å². The monoisotopic (exact) mass is 156 g/mol. The Hall–Kier alpha value is -0.570. The normalized spacial score (nSPS) is 30.5. The number of carbonyl (C=O) groups excluding carboxylic acids is 1. The van der Waals surface area contributed by atoms with Crippen LogP contribution >= 0.6 is 0 Å². The second-order valence-electron chi connectivity index (χ2n) is 3.42. The predicted octanol–water partition coefficient (Wildman–Crippen LogP) is 0.122. The number of hydrogen-bond donors (Lipinski definition) is 2. The third-order valence-electron chi connectivity index (χ3n) is 2.44. The van der Waals surface area contributed by atoms with E-state index in [4.69, 9.17) is 0 Å². The van der Waals surface area contributed by atoms with E-state index in [-0.39, 0.29) is 11.3 Å². The van der Waals surface area contributed by atoms with E-state index in [2.05, 4.69) is 10.6 Å². The summed E-state index contributed by atoms with van der Waals surface area (Å²) in [4.78, 5) is 11.3. The largest absolute Gasteiger partial charge is 0.356 e. The van der Waals surface area contributed by atoms with Crippen molar-refractivity contribution in [1.82, 2.24) is 10.6 Å². The second-order valence-corrected chi connectivity index (χ2v) is 3.42. The fourth-order valence-corrected chi connectivity index (χ4v) is 1.42. The maximum Gasteiger partial charge on any atom is 0.226 e. The Morgan fingerprint density at radius 2 is 2.45 bits per heavy atom. The van der Waals surface area contributed by atoms with Gasteiger partial charge in [0.25, 0.3) is 0 Å². The van der Waals surface area contributed by atoms with Crippen LogP contribution in [0.1, 0.15) is 19.8 Å². The first-order chi connectivity index (χ1) is 5.19. The summed E-state index contributed by atoms with van der Waals surface area (Å²) in [6.45, 7) is 3.80. The average Bonchev–Trinajstić information content (AvgIpc) is 2.30. The van der Waals surface area contributed by atoms with Crippen LogP contribution in [-0.2, 0) is 4.79 Å². The first-order valence-electron chi connectivity index (χ1n) is 4.12. The number of carbonyl (C=O) groups is 1. The topological polar surface area (TPSA) is 41.1 Å². The molecule has 1 aliphatic rings. The third kappa shape index (κ3) is 1.71. The molecule has 1 heterocycles. The lowest BCUT2D eigenvalue weighted by molar-refractivity contribution is -0.127. The summed E-state index contributed by atoms with van der Waals surface area (Å²) in [6, 6.07) is 0. The second kappa shape index (κ2) is 3.22. The van der Waals surface area contributed by atoms with Gasteiger partial charge in [-0.1, -0.05) is 6.92 Å². The molecule has 0 aliphatic carbocycles. The molecule has 0 radical (unpaired) electrons. The molecule has 1 rings (SSSR count). The van der Waals surface area contributed by atoms with Crippen LogP contribution in [0.15, 0.2) is 0 Å². The van der Waals surface area contributed by atoms with Gasteiger partial charge in [-0.25, -0.2) is 0 Å². The van der Waals surface area contributed by atoms with Crippen LogP contribution in [0, 0.1) is 5.41 Å². The summed E-state index contributed by atoms with van der Waals surface area (Å²) in [5.41, 5.74) is -0.108. The molecule has 0 aromatic carbocycles. The minimum Gasteiger partial charge on any atom is -0.356 e. The van der Waals surface area contributed by atoms with E-state index in [1.54, 1.807) is 0 Å². The van der Waals surface area contributed by atoms with Gasteiger partial charge >= 0.3 is 0 Å². The van der Waals surface area contributed by atoms with Gasteiger partial charge in [0.15, 0.2) is 0 Å². The van der Waals surface area contributed by atoms with Gasteiger partial charge in [0.1, 0.15) is 0 Å². The zero-order valence-corrected chi connectivity index (χ0v) is 7.24. The van der Waals surface area contributed by atoms with Crippen molar-refractivity contribution in [3.05, 3.63) is 0 Å². The van der Waals surface area contributed by atoms with Crippen LogP contribution in [0.4, 0.5) is 0 Å². The molecule has 1 aliphatic heterocycles. The van der Waals surface area contributed by atoms with E-state index in [1.165, 1.54) is 0 Å². The highest BCUT2D eigenvalue weighted by Crippen LogP contribution is 2.29. The van der Waals surface area contributed by atoms with Crippen molar-refractivity contribution < 1.29 is 4.79 Å². The maximum absolute atomic E-state index is 11.3. The van der Waals surface area contributed by atoms with Crippen molar-refractivity contribution in [2.75, 3.05) is 20.1 Å². The summed E-state index contributed by atoms with van der Waals surface area (Å²) < 4.78 is 0. The summed E-state index contributed by atoms with van der Waals surface area (Å²) in [6.07, 6.45) is 1.92. The molecule has 0 aromatic heterocycles. The summed E-state index contributed by atoms with van der Waals surface area (Å²) >= 11 is 0. The fourth-order valence-electron chi connectivity index (χ4n) is 1.42. The zero-order valence-electron chi connectivity index (χ0n) is 7.24. The number of rotatable bonds is 3. The van der Waals surface area contributed by atoms with E-state index >= 15 is 0 Å². The first kappa shape index (κ1) is 8.53. The molecule has 1 amide bonds.